The molecule has 0 spiro atoms. The van der Waals surface area contributed by atoms with Gasteiger partial charge in [0, 0.05) is 36.0 Å². The molecule has 88 valence electrons. The van der Waals surface area contributed by atoms with E-state index in [-0.39, 0.29) is 5.91 Å². The molecule has 0 aromatic carbocycles. The summed E-state index contributed by atoms with van der Waals surface area (Å²) in [5, 5.41) is 0. The fraction of sp³-hybridized carbons (Fsp3) is 0.500. The van der Waals surface area contributed by atoms with Gasteiger partial charge in [0.25, 0.3) is 5.91 Å². The number of nitrogens with two attached hydrogens (primary N) is 1. The Morgan fingerprint density at radius 2 is 2.19 bits per heavy atom. The van der Waals surface area contributed by atoms with Gasteiger partial charge in [-0.25, -0.2) is 5.84 Å². The quantitative estimate of drug-likeness (QED) is 0.480. The highest BCUT2D eigenvalue weighted by atomic mass is 32.2. The highest BCUT2D eigenvalue weighted by Crippen LogP contribution is 2.20. The highest BCUT2D eigenvalue weighted by molar-refractivity contribution is 7.99. The third kappa shape index (κ3) is 2.98. The van der Waals surface area contributed by atoms with E-state index < -0.39 is 0 Å². The second kappa shape index (κ2) is 5.67. The van der Waals surface area contributed by atoms with Gasteiger partial charge in [-0.3, -0.25) is 15.1 Å². The summed E-state index contributed by atoms with van der Waals surface area (Å²) in [6.07, 6.45) is 0. The van der Waals surface area contributed by atoms with Crippen LogP contribution in [0.2, 0.25) is 0 Å². The van der Waals surface area contributed by atoms with Gasteiger partial charge in [0.05, 0.1) is 4.88 Å². The molecule has 1 aromatic heterocycles. The van der Waals surface area contributed by atoms with Gasteiger partial charge in [0.1, 0.15) is 0 Å². The summed E-state index contributed by atoms with van der Waals surface area (Å²) in [6.45, 7) is 3.23. The second-order valence-corrected chi connectivity index (χ2v) is 6.02. The van der Waals surface area contributed by atoms with E-state index in [0.29, 0.717) is 4.88 Å². The number of hydrazine groups is 1. The third-order valence-corrected chi connectivity index (χ3v) is 4.51. The molecule has 2 rings (SSSR count). The molecule has 1 saturated heterocycles. The molecule has 1 fully saturated rings. The molecule has 2 heterocycles. The zero-order chi connectivity index (χ0) is 11.4. The molecule has 4 nitrogen and oxygen atoms in total. The first kappa shape index (κ1) is 11.9. The van der Waals surface area contributed by atoms with Crippen LogP contribution in [-0.2, 0) is 6.54 Å². The first-order valence-electron chi connectivity index (χ1n) is 5.19. The molecule has 0 bridgehead atoms. The normalized spacial score (nSPS) is 17.3. The molecule has 3 N–H and O–H groups in total. The van der Waals surface area contributed by atoms with Crippen molar-refractivity contribution in [3.05, 3.63) is 21.9 Å². The molecule has 1 amide bonds. The van der Waals surface area contributed by atoms with E-state index in [1.54, 1.807) is 0 Å². The van der Waals surface area contributed by atoms with Gasteiger partial charge in [0.2, 0.25) is 0 Å². The largest absolute Gasteiger partial charge is 0.297 e. The SMILES string of the molecule is NNC(=O)c1ccc(CN2CCSCC2)s1. The number of nitrogens with zero attached hydrogens (tertiary/aromatic N) is 1. The minimum Gasteiger partial charge on any atom is -0.297 e. The van der Waals surface area contributed by atoms with E-state index in [1.165, 1.54) is 27.7 Å². The van der Waals surface area contributed by atoms with Crippen molar-refractivity contribution in [2.75, 3.05) is 24.6 Å². The molecule has 0 atom stereocenters. The Morgan fingerprint density at radius 1 is 1.44 bits per heavy atom. The number of carbonyl (C=O) groups is 1. The van der Waals surface area contributed by atoms with Crippen molar-refractivity contribution in [3.8, 4) is 0 Å². The second-order valence-electron chi connectivity index (χ2n) is 3.63. The van der Waals surface area contributed by atoms with Crippen LogP contribution in [0.25, 0.3) is 0 Å². The molecule has 6 heteroatoms. The summed E-state index contributed by atoms with van der Waals surface area (Å²) in [4.78, 5) is 15.6. The van der Waals surface area contributed by atoms with Crippen molar-refractivity contribution in [1.82, 2.24) is 10.3 Å². The maximum absolute atomic E-state index is 11.3. The number of thioether (sulfide) groups is 1. The van der Waals surface area contributed by atoms with E-state index in [0.717, 1.165) is 19.6 Å². The molecule has 1 aliphatic rings. The monoisotopic (exact) mass is 257 g/mol. The van der Waals surface area contributed by atoms with Gasteiger partial charge < -0.3 is 0 Å². The predicted molar refractivity (Wildman–Crippen MR) is 68.6 cm³/mol. The number of nitrogen functional groups attached to an aromatic ring is 1. The fourth-order valence-electron chi connectivity index (χ4n) is 1.64. The van der Waals surface area contributed by atoms with Gasteiger partial charge in [-0.05, 0) is 12.1 Å². The first-order chi connectivity index (χ1) is 7.79. The minimum absolute atomic E-state index is 0.203. The fourth-order valence-corrected chi connectivity index (χ4v) is 3.57. The van der Waals surface area contributed by atoms with E-state index in [2.05, 4.69) is 10.3 Å². The highest BCUT2D eigenvalue weighted by Gasteiger charge is 2.13. The first-order valence-corrected chi connectivity index (χ1v) is 7.16. The van der Waals surface area contributed by atoms with E-state index in [4.69, 9.17) is 5.84 Å². The van der Waals surface area contributed by atoms with Crippen LogP contribution in [0.15, 0.2) is 12.1 Å². The molecule has 16 heavy (non-hydrogen) atoms. The lowest BCUT2D eigenvalue weighted by atomic mass is 10.4. The Morgan fingerprint density at radius 3 is 2.88 bits per heavy atom. The minimum atomic E-state index is -0.203. The topological polar surface area (TPSA) is 58.4 Å². The van der Waals surface area contributed by atoms with Crippen LogP contribution in [0, 0.1) is 0 Å². The van der Waals surface area contributed by atoms with Crippen molar-refractivity contribution < 1.29 is 4.79 Å². The van der Waals surface area contributed by atoms with Gasteiger partial charge >= 0.3 is 0 Å². The van der Waals surface area contributed by atoms with Crippen molar-refractivity contribution in [1.29, 1.82) is 0 Å². The lowest BCUT2D eigenvalue weighted by Crippen LogP contribution is -2.31. The van der Waals surface area contributed by atoms with Crippen LogP contribution in [0.4, 0.5) is 0 Å². The van der Waals surface area contributed by atoms with Crippen LogP contribution in [0.5, 0.6) is 0 Å². The molecule has 0 radical (unpaired) electrons. The standard InChI is InChI=1S/C10H15N3OS2/c11-12-10(14)9-2-1-8(16-9)7-13-3-5-15-6-4-13/h1-2H,3-7,11H2,(H,12,14). The van der Waals surface area contributed by atoms with Gasteiger partial charge in [-0.15, -0.1) is 11.3 Å². The van der Waals surface area contributed by atoms with Crippen molar-refractivity contribution in [2.45, 2.75) is 6.54 Å². The number of carbonyl (C=O) groups excluding carboxylic acids is 1. The summed E-state index contributed by atoms with van der Waals surface area (Å²) in [7, 11) is 0. The number of rotatable bonds is 3. The molecule has 1 aromatic rings. The zero-order valence-corrected chi connectivity index (χ0v) is 10.6. The Kier molecular flexibility index (Phi) is 4.22. The molecule has 1 aliphatic heterocycles. The van der Waals surface area contributed by atoms with Gasteiger partial charge in [0.15, 0.2) is 0 Å². The Balaban J connectivity index is 1.94. The van der Waals surface area contributed by atoms with Crippen LogP contribution >= 0.6 is 23.1 Å². The van der Waals surface area contributed by atoms with Crippen LogP contribution < -0.4 is 11.3 Å². The van der Waals surface area contributed by atoms with E-state index in [1.807, 2.05) is 23.9 Å². The molecule has 0 saturated carbocycles. The van der Waals surface area contributed by atoms with Crippen molar-refractivity contribution in [3.63, 3.8) is 0 Å². The molecular formula is C10H15N3OS2. The Hall–Kier alpha value is -0.560. The number of thiophene rings is 1. The van der Waals surface area contributed by atoms with Crippen LogP contribution in [0.1, 0.15) is 14.5 Å². The summed E-state index contributed by atoms with van der Waals surface area (Å²) < 4.78 is 0. The van der Waals surface area contributed by atoms with Crippen molar-refractivity contribution in [2.24, 2.45) is 5.84 Å². The lowest BCUT2D eigenvalue weighted by molar-refractivity contribution is 0.0957. The summed E-state index contributed by atoms with van der Waals surface area (Å²) in [5.41, 5.74) is 2.15. The maximum Gasteiger partial charge on any atom is 0.275 e. The third-order valence-electron chi connectivity index (χ3n) is 2.50. The summed E-state index contributed by atoms with van der Waals surface area (Å²) >= 11 is 3.52. The van der Waals surface area contributed by atoms with Gasteiger partial charge in [-0.1, -0.05) is 0 Å². The average molecular weight is 257 g/mol. The Labute approximate surface area is 103 Å². The molecular weight excluding hydrogens is 242 g/mol. The van der Waals surface area contributed by atoms with Crippen molar-refractivity contribution >= 4 is 29.0 Å². The number of nitrogens with one attached hydrogen (secondary N) is 1. The molecule has 0 unspecified atom stereocenters. The lowest BCUT2D eigenvalue weighted by Gasteiger charge is -2.25. The number of hydrogen-bond donors (Lipinski definition) is 2. The van der Waals surface area contributed by atoms with E-state index in [9.17, 15) is 4.79 Å². The summed E-state index contributed by atoms with van der Waals surface area (Å²) in [5.74, 6) is 7.31. The van der Waals surface area contributed by atoms with E-state index >= 15 is 0 Å². The predicted octanol–water partition coefficient (Wildman–Crippen LogP) is 0.900. The van der Waals surface area contributed by atoms with Gasteiger partial charge in [-0.2, -0.15) is 11.8 Å². The molecule has 0 aliphatic carbocycles. The Bertz CT molecular complexity index is 361. The number of amides is 1. The zero-order valence-electron chi connectivity index (χ0n) is 8.94. The van der Waals surface area contributed by atoms with Crippen LogP contribution in [0.3, 0.4) is 0 Å². The summed E-state index contributed by atoms with van der Waals surface area (Å²) in [6, 6.07) is 3.85. The average Bonchev–Trinajstić information content (AvgIpc) is 2.78. The smallest absolute Gasteiger partial charge is 0.275 e. The number of hydrogen-bond acceptors (Lipinski definition) is 5. The van der Waals surface area contributed by atoms with Crippen LogP contribution in [-0.4, -0.2) is 35.4 Å². The maximum atomic E-state index is 11.3.